The third-order valence-corrected chi connectivity index (χ3v) is 2.34. The van der Waals surface area contributed by atoms with Gasteiger partial charge in [0, 0.05) is 6.42 Å². The Hall–Kier alpha value is -1.06. The maximum Gasteiger partial charge on any atom is 0.345 e. The Kier molecular flexibility index (Phi) is 7.60. The first-order valence-corrected chi connectivity index (χ1v) is 5.89. The standard InChI is InChI=1S/C12H22O4/c1-4-11(13)16-10(12(14)15)8-6-5-7-9(2)3/h9-10H,4-8H2,1-3H3,(H,14,15). The van der Waals surface area contributed by atoms with E-state index in [4.69, 9.17) is 9.84 Å². The summed E-state index contributed by atoms with van der Waals surface area (Å²) in [4.78, 5) is 21.8. The third kappa shape index (κ3) is 7.26. The van der Waals surface area contributed by atoms with E-state index in [2.05, 4.69) is 13.8 Å². The predicted molar refractivity (Wildman–Crippen MR) is 61.1 cm³/mol. The lowest BCUT2D eigenvalue weighted by Gasteiger charge is -2.13. The zero-order chi connectivity index (χ0) is 12.6. The van der Waals surface area contributed by atoms with Gasteiger partial charge in [0.05, 0.1) is 0 Å². The number of carboxylic acids is 1. The molecule has 0 saturated heterocycles. The molecule has 0 aliphatic rings. The van der Waals surface area contributed by atoms with Gasteiger partial charge in [-0.2, -0.15) is 0 Å². The van der Waals surface area contributed by atoms with Crippen molar-refractivity contribution in [3.8, 4) is 0 Å². The smallest absolute Gasteiger partial charge is 0.345 e. The molecular weight excluding hydrogens is 208 g/mol. The molecule has 0 aromatic rings. The summed E-state index contributed by atoms with van der Waals surface area (Å²) < 4.78 is 4.83. The predicted octanol–water partition coefficient (Wildman–Crippen LogP) is 2.61. The van der Waals surface area contributed by atoms with Crippen LogP contribution in [0.2, 0.25) is 0 Å². The molecule has 0 fully saturated rings. The van der Waals surface area contributed by atoms with Gasteiger partial charge in [0.15, 0.2) is 6.10 Å². The van der Waals surface area contributed by atoms with Gasteiger partial charge in [-0.3, -0.25) is 4.79 Å². The fourth-order valence-electron chi connectivity index (χ4n) is 1.36. The van der Waals surface area contributed by atoms with E-state index in [9.17, 15) is 9.59 Å². The van der Waals surface area contributed by atoms with Gasteiger partial charge in [0.1, 0.15) is 0 Å². The minimum absolute atomic E-state index is 0.218. The molecule has 0 heterocycles. The van der Waals surface area contributed by atoms with Crippen molar-refractivity contribution in [3.05, 3.63) is 0 Å². The Morgan fingerprint density at radius 3 is 2.19 bits per heavy atom. The summed E-state index contributed by atoms with van der Waals surface area (Å²) in [6.45, 7) is 5.91. The maximum atomic E-state index is 11.0. The van der Waals surface area contributed by atoms with Crippen molar-refractivity contribution in [2.45, 2.75) is 59.0 Å². The summed E-state index contributed by atoms with van der Waals surface area (Å²) in [6, 6.07) is 0. The van der Waals surface area contributed by atoms with Crippen molar-refractivity contribution in [1.82, 2.24) is 0 Å². The van der Waals surface area contributed by atoms with Crippen LogP contribution in [0.5, 0.6) is 0 Å². The molecular formula is C12H22O4. The number of carboxylic acid groups (broad SMARTS) is 1. The van der Waals surface area contributed by atoms with Gasteiger partial charge >= 0.3 is 11.9 Å². The van der Waals surface area contributed by atoms with Gasteiger partial charge in [-0.1, -0.05) is 33.6 Å². The van der Waals surface area contributed by atoms with E-state index < -0.39 is 18.0 Å². The summed E-state index contributed by atoms with van der Waals surface area (Å²) in [6.07, 6.45) is 2.49. The summed E-state index contributed by atoms with van der Waals surface area (Å²) in [5.74, 6) is -0.871. The first-order chi connectivity index (χ1) is 7.47. The van der Waals surface area contributed by atoms with Gasteiger partial charge in [0.25, 0.3) is 0 Å². The number of carbonyl (C=O) groups is 2. The molecule has 0 aliphatic carbocycles. The molecule has 1 N–H and O–H groups in total. The molecule has 1 atom stereocenters. The van der Waals surface area contributed by atoms with Crippen LogP contribution in [0.25, 0.3) is 0 Å². The van der Waals surface area contributed by atoms with Crippen LogP contribution in [-0.2, 0) is 14.3 Å². The average Bonchev–Trinajstić information content (AvgIpc) is 2.21. The van der Waals surface area contributed by atoms with Gasteiger partial charge in [-0.25, -0.2) is 4.79 Å². The zero-order valence-corrected chi connectivity index (χ0v) is 10.4. The van der Waals surface area contributed by atoms with E-state index in [1.54, 1.807) is 6.92 Å². The SMILES string of the molecule is CCC(=O)OC(CCCCC(C)C)C(=O)O. The lowest BCUT2D eigenvalue weighted by atomic mass is 10.0. The number of ether oxygens (including phenoxy) is 1. The summed E-state index contributed by atoms with van der Waals surface area (Å²) in [7, 11) is 0. The van der Waals surface area contributed by atoms with Gasteiger partial charge in [-0.15, -0.1) is 0 Å². The number of hydrogen-bond acceptors (Lipinski definition) is 3. The number of hydrogen-bond donors (Lipinski definition) is 1. The second-order valence-corrected chi connectivity index (χ2v) is 4.35. The monoisotopic (exact) mass is 230 g/mol. The van der Waals surface area contributed by atoms with Crippen molar-refractivity contribution in [3.63, 3.8) is 0 Å². The Bertz CT molecular complexity index is 223. The van der Waals surface area contributed by atoms with E-state index in [-0.39, 0.29) is 6.42 Å². The molecule has 0 aromatic heterocycles. The van der Waals surface area contributed by atoms with E-state index >= 15 is 0 Å². The highest BCUT2D eigenvalue weighted by Gasteiger charge is 2.20. The summed E-state index contributed by atoms with van der Waals surface area (Å²) >= 11 is 0. The molecule has 0 aromatic carbocycles. The molecule has 4 nitrogen and oxygen atoms in total. The Labute approximate surface area is 97.0 Å². The summed E-state index contributed by atoms with van der Waals surface area (Å²) in [5, 5.41) is 8.85. The first kappa shape index (κ1) is 14.9. The van der Waals surface area contributed by atoms with Gasteiger partial charge < -0.3 is 9.84 Å². The average molecular weight is 230 g/mol. The van der Waals surface area contributed by atoms with Crippen LogP contribution in [0.4, 0.5) is 0 Å². The quantitative estimate of drug-likeness (QED) is 0.514. The van der Waals surface area contributed by atoms with Gasteiger partial charge in [0.2, 0.25) is 0 Å². The number of aliphatic carboxylic acids is 1. The Morgan fingerprint density at radius 1 is 1.19 bits per heavy atom. The minimum atomic E-state index is -1.05. The second kappa shape index (κ2) is 8.13. The van der Waals surface area contributed by atoms with Crippen molar-refractivity contribution >= 4 is 11.9 Å². The lowest BCUT2D eigenvalue weighted by Crippen LogP contribution is -2.26. The summed E-state index contributed by atoms with van der Waals surface area (Å²) in [5.41, 5.74) is 0. The van der Waals surface area contributed by atoms with Crippen LogP contribution in [-0.4, -0.2) is 23.1 Å². The molecule has 1 unspecified atom stereocenters. The van der Waals surface area contributed by atoms with Crippen LogP contribution < -0.4 is 0 Å². The van der Waals surface area contributed by atoms with Crippen molar-refractivity contribution in [2.75, 3.05) is 0 Å². The Balaban J connectivity index is 3.86. The molecule has 0 saturated carbocycles. The van der Waals surface area contributed by atoms with E-state index in [0.29, 0.717) is 12.3 Å². The first-order valence-electron chi connectivity index (χ1n) is 5.89. The van der Waals surface area contributed by atoms with E-state index in [1.807, 2.05) is 0 Å². The van der Waals surface area contributed by atoms with E-state index in [1.165, 1.54) is 0 Å². The van der Waals surface area contributed by atoms with E-state index in [0.717, 1.165) is 19.3 Å². The number of unbranched alkanes of at least 4 members (excludes halogenated alkanes) is 1. The molecule has 0 spiro atoms. The van der Waals surface area contributed by atoms with Crippen LogP contribution >= 0.6 is 0 Å². The zero-order valence-electron chi connectivity index (χ0n) is 10.4. The molecule has 4 heteroatoms. The number of carbonyl (C=O) groups excluding carboxylic acids is 1. The molecule has 16 heavy (non-hydrogen) atoms. The maximum absolute atomic E-state index is 11.0. The number of esters is 1. The van der Waals surface area contributed by atoms with Crippen molar-refractivity contribution < 1.29 is 19.4 Å². The Morgan fingerprint density at radius 2 is 1.75 bits per heavy atom. The molecule has 0 aliphatic heterocycles. The highest BCUT2D eigenvalue weighted by molar-refractivity contribution is 5.77. The topological polar surface area (TPSA) is 63.6 Å². The fraction of sp³-hybridized carbons (Fsp3) is 0.833. The third-order valence-electron chi connectivity index (χ3n) is 2.34. The molecule has 0 bridgehead atoms. The van der Waals surface area contributed by atoms with Crippen LogP contribution in [0.3, 0.4) is 0 Å². The van der Waals surface area contributed by atoms with Crippen LogP contribution in [0.15, 0.2) is 0 Å². The van der Waals surface area contributed by atoms with Gasteiger partial charge in [-0.05, 0) is 18.8 Å². The lowest BCUT2D eigenvalue weighted by molar-refractivity contribution is -0.164. The largest absolute Gasteiger partial charge is 0.479 e. The number of rotatable bonds is 8. The van der Waals surface area contributed by atoms with Crippen LogP contribution in [0.1, 0.15) is 52.9 Å². The van der Waals surface area contributed by atoms with Crippen molar-refractivity contribution in [1.29, 1.82) is 0 Å². The minimum Gasteiger partial charge on any atom is -0.479 e. The second-order valence-electron chi connectivity index (χ2n) is 4.35. The van der Waals surface area contributed by atoms with Crippen molar-refractivity contribution in [2.24, 2.45) is 5.92 Å². The molecule has 0 radical (unpaired) electrons. The highest BCUT2D eigenvalue weighted by Crippen LogP contribution is 2.12. The van der Waals surface area contributed by atoms with Crippen LogP contribution in [0, 0.1) is 5.92 Å². The molecule has 94 valence electrons. The fourth-order valence-corrected chi connectivity index (χ4v) is 1.36. The normalized spacial score (nSPS) is 12.5. The molecule has 0 rings (SSSR count). The highest BCUT2D eigenvalue weighted by atomic mass is 16.6. The molecule has 0 amide bonds.